The molecule has 0 aliphatic rings. The Morgan fingerprint density at radius 3 is 3.00 bits per heavy atom. The van der Waals surface area contributed by atoms with Gasteiger partial charge in [-0.2, -0.15) is 4.37 Å². The van der Waals surface area contributed by atoms with Crippen LogP contribution in [0.25, 0.3) is 0 Å². The first-order valence-corrected chi connectivity index (χ1v) is 5.07. The van der Waals surface area contributed by atoms with Crippen LogP contribution in [-0.2, 0) is 0 Å². The molecule has 0 fully saturated rings. The van der Waals surface area contributed by atoms with Crippen molar-refractivity contribution in [2.24, 2.45) is 0 Å². The lowest BCUT2D eigenvalue weighted by Crippen LogP contribution is -1.96. The standard InChI is InChI=1S/C8H14N2OS/c1-2-3-4-5-6-11-8-7-9-12-10-8/h7H,2-6H2,1H3. The zero-order chi connectivity index (χ0) is 8.65. The van der Waals surface area contributed by atoms with Gasteiger partial charge in [0, 0.05) is 0 Å². The highest BCUT2D eigenvalue weighted by Crippen LogP contribution is 2.06. The molecule has 0 N–H and O–H groups in total. The van der Waals surface area contributed by atoms with Crippen molar-refractivity contribution in [2.75, 3.05) is 6.61 Å². The minimum atomic E-state index is 0.663. The Labute approximate surface area is 77.1 Å². The molecular formula is C8H14N2OS. The molecule has 1 aromatic heterocycles. The second-order valence-electron chi connectivity index (χ2n) is 2.65. The lowest BCUT2D eigenvalue weighted by molar-refractivity contribution is 0.296. The quantitative estimate of drug-likeness (QED) is 0.640. The summed E-state index contributed by atoms with van der Waals surface area (Å²) in [7, 11) is 0. The predicted molar refractivity (Wildman–Crippen MR) is 49.5 cm³/mol. The van der Waals surface area contributed by atoms with Crippen molar-refractivity contribution < 1.29 is 4.74 Å². The lowest BCUT2D eigenvalue weighted by Gasteiger charge is -2.00. The van der Waals surface area contributed by atoms with Gasteiger partial charge in [0.25, 0.3) is 0 Å². The molecule has 12 heavy (non-hydrogen) atoms. The lowest BCUT2D eigenvalue weighted by atomic mass is 10.2. The van der Waals surface area contributed by atoms with E-state index in [9.17, 15) is 0 Å². The summed E-state index contributed by atoms with van der Waals surface area (Å²) < 4.78 is 13.1. The molecular weight excluding hydrogens is 172 g/mol. The Balaban J connectivity index is 1.96. The van der Waals surface area contributed by atoms with Gasteiger partial charge in [-0.15, -0.1) is 4.37 Å². The number of unbranched alkanes of at least 4 members (excludes halogenated alkanes) is 3. The molecule has 0 aliphatic heterocycles. The molecule has 0 aromatic carbocycles. The highest BCUT2D eigenvalue weighted by molar-refractivity contribution is 6.99. The van der Waals surface area contributed by atoms with Crippen LogP contribution in [0.5, 0.6) is 5.88 Å². The van der Waals surface area contributed by atoms with Crippen LogP contribution in [0.1, 0.15) is 32.6 Å². The van der Waals surface area contributed by atoms with E-state index in [-0.39, 0.29) is 0 Å². The highest BCUT2D eigenvalue weighted by Gasteiger charge is 1.94. The number of rotatable bonds is 6. The average Bonchev–Trinajstić information content (AvgIpc) is 2.57. The summed E-state index contributed by atoms with van der Waals surface area (Å²) in [6.45, 7) is 2.97. The van der Waals surface area contributed by atoms with Crippen LogP contribution in [0.3, 0.4) is 0 Å². The van der Waals surface area contributed by atoms with Gasteiger partial charge in [0.15, 0.2) is 0 Å². The van der Waals surface area contributed by atoms with E-state index in [0.717, 1.165) is 13.0 Å². The number of nitrogens with zero attached hydrogens (tertiary/aromatic N) is 2. The molecule has 0 amide bonds. The van der Waals surface area contributed by atoms with Gasteiger partial charge in [0.2, 0.25) is 5.88 Å². The Morgan fingerprint density at radius 1 is 1.42 bits per heavy atom. The zero-order valence-corrected chi connectivity index (χ0v) is 8.14. The number of aromatic nitrogens is 2. The molecule has 1 rings (SSSR count). The Kier molecular flexibility index (Phi) is 4.68. The van der Waals surface area contributed by atoms with E-state index in [1.165, 1.54) is 31.0 Å². The van der Waals surface area contributed by atoms with E-state index in [1.54, 1.807) is 6.20 Å². The third kappa shape index (κ3) is 3.67. The van der Waals surface area contributed by atoms with Crippen LogP contribution in [0.15, 0.2) is 6.20 Å². The molecule has 0 aliphatic carbocycles. The summed E-state index contributed by atoms with van der Waals surface area (Å²) in [4.78, 5) is 0. The Hall–Kier alpha value is -0.640. The van der Waals surface area contributed by atoms with Gasteiger partial charge in [0.05, 0.1) is 18.3 Å². The van der Waals surface area contributed by atoms with Crippen molar-refractivity contribution in [3.05, 3.63) is 6.20 Å². The normalized spacial score (nSPS) is 10.1. The maximum atomic E-state index is 5.33. The van der Waals surface area contributed by atoms with Crippen molar-refractivity contribution in [1.82, 2.24) is 8.75 Å². The van der Waals surface area contributed by atoms with E-state index < -0.39 is 0 Å². The van der Waals surface area contributed by atoms with Gasteiger partial charge < -0.3 is 4.74 Å². The van der Waals surface area contributed by atoms with E-state index in [0.29, 0.717) is 5.88 Å². The van der Waals surface area contributed by atoms with Crippen LogP contribution in [0, 0.1) is 0 Å². The summed E-state index contributed by atoms with van der Waals surface area (Å²) in [5, 5.41) is 0. The topological polar surface area (TPSA) is 35.0 Å². The van der Waals surface area contributed by atoms with E-state index in [2.05, 4.69) is 15.7 Å². The van der Waals surface area contributed by atoms with E-state index in [4.69, 9.17) is 4.74 Å². The molecule has 0 unspecified atom stereocenters. The number of hydrogen-bond acceptors (Lipinski definition) is 4. The van der Waals surface area contributed by atoms with Crippen molar-refractivity contribution >= 4 is 11.7 Å². The first-order chi connectivity index (χ1) is 5.93. The SMILES string of the molecule is CCCCCCOc1cnsn1. The second kappa shape index (κ2) is 5.94. The second-order valence-corrected chi connectivity index (χ2v) is 3.21. The first-order valence-electron chi connectivity index (χ1n) is 4.34. The maximum absolute atomic E-state index is 5.33. The molecule has 1 aromatic rings. The summed E-state index contributed by atoms with van der Waals surface area (Å²) in [6, 6.07) is 0. The minimum absolute atomic E-state index is 0.663. The fraction of sp³-hybridized carbons (Fsp3) is 0.750. The van der Waals surface area contributed by atoms with Crippen molar-refractivity contribution in [2.45, 2.75) is 32.6 Å². The van der Waals surface area contributed by atoms with Crippen LogP contribution in [0.4, 0.5) is 0 Å². The molecule has 0 saturated carbocycles. The third-order valence-electron chi connectivity index (χ3n) is 1.59. The van der Waals surface area contributed by atoms with Crippen LogP contribution in [0.2, 0.25) is 0 Å². The van der Waals surface area contributed by atoms with E-state index >= 15 is 0 Å². The smallest absolute Gasteiger partial charge is 0.245 e. The highest BCUT2D eigenvalue weighted by atomic mass is 32.1. The fourth-order valence-electron chi connectivity index (χ4n) is 0.925. The van der Waals surface area contributed by atoms with Gasteiger partial charge in [-0.25, -0.2) is 0 Å². The van der Waals surface area contributed by atoms with Gasteiger partial charge in [-0.3, -0.25) is 0 Å². The molecule has 1 heterocycles. The van der Waals surface area contributed by atoms with E-state index in [1.807, 2.05) is 0 Å². The fourth-order valence-corrected chi connectivity index (χ4v) is 1.29. The molecule has 3 nitrogen and oxygen atoms in total. The summed E-state index contributed by atoms with van der Waals surface area (Å²) in [6.07, 6.45) is 6.57. The van der Waals surface area contributed by atoms with Crippen molar-refractivity contribution in [1.29, 1.82) is 0 Å². The summed E-state index contributed by atoms with van der Waals surface area (Å²) >= 11 is 1.18. The van der Waals surface area contributed by atoms with Gasteiger partial charge in [0.1, 0.15) is 6.20 Å². The number of hydrogen-bond donors (Lipinski definition) is 0. The average molecular weight is 186 g/mol. The third-order valence-corrected chi connectivity index (χ3v) is 2.05. The largest absolute Gasteiger partial charge is 0.476 e. The van der Waals surface area contributed by atoms with Crippen LogP contribution >= 0.6 is 11.7 Å². The van der Waals surface area contributed by atoms with Gasteiger partial charge in [-0.1, -0.05) is 26.2 Å². The number of ether oxygens (including phenoxy) is 1. The molecule has 0 bridgehead atoms. The molecule has 0 atom stereocenters. The Bertz CT molecular complexity index is 189. The Morgan fingerprint density at radius 2 is 2.33 bits per heavy atom. The van der Waals surface area contributed by atoms with Gasteiger partial charge >= 0.3 is 0 Å². The molecule has 0 spiro atoms. The minimum Gasteiger partial charge on any atom is -0.476 e. The molecule has 68 valence electrons. The molecule has 0 saturated heterocycles. The monoisotopic (exact) mass is 186 g/mol. The predicted octanol–water partition coefficient (Wildman–Crippen LogP) is 2.50. The van der Waals surface area contributed by atoms with Crippen LogP contribution < -0.4 is 4.74 Å². The van der Waals surface area contributed by atoms with Gasteiger partial charge in [-0.05, 0) is 6.42 Å². The zero-order valence-electron chi connectivity index (χ0n) is 7.32. The van der Waals surface area contributed by atoms with Crippen LogP contribution in [-0.4, -0.2) is 15.4 Å². The summed E-state index contributed by atoms with van der Waals surface area (Å²) in [5.74, 6) is 0.663. The molecule has 0 radical (unpaired) electrons. The van der Waals surface area contributed by atoms with Crippen molar-refractivity contribution in [3.63, 3.8) is 0 Å². The first kappa shape index (κ1) is 9.45. The summed E-state index contributed by atoms with van der Waals surface area (Å²) in [5.41, 5.74) is 0. The maximum Gasteiger partial charge on any atom is 0.245 e. The molecule has 4 heteroatoms. The van der Waals surface area contributed by atoms with Crippen molar-refractivity contribution in [3.8, 4) is 5.88 Å².